The molecule has 8 nitrogen and oxygen atoms in total. The SMILES string of the molecule is COC(=O)CC(c1ccc(OS(C)(=O)=O)cc1)C(N)C(=O)OC(C)(C)C. The molecule has 0 fully saturated rings. The van der Waals surface area contributed by atoms with Crippen LogP contribution in [0.1, 0.15) is 38.7 Å². The highest BCUT2D eigenvalue weighted by Crippen LogP contribution is 2.27. The minimum Gasteiger partial charge on any atom is -0.469 e. The molecular formula is C17H25NO7S. The number of carbonyl (C=O) groups excluding carboxylic acids is 2. The predicted molar refractivity (Wildman–Crippen MR) is 95.1 cm³/mol. The summed E-state index contributed by atoms with van der Waals surface area (Å²) in [6, 6.07) is 4.82. The van der Waals surface area contributed by atoms with Gasteiger partial charge in [-0.25, -0.2) is 0 Å². The molecule has 1 aromatic carbocycles. The van der Waals surface area contributed by atoms with Gasteiger partial charge in [-0.15, -0.1) is 0 Å². The van der Waals surface area contributed by atoms with E-state index in [1.54, 1.807) is 32.9 Å². The first-order valence-electron chi connectivity index (χ1n) is 7.87. The largest absolute Gasteiger partial charge is 0.469 e. The summed E-state index contributed by atoms with van der Waals surface area (Å²) in [5, 5.41) is 0. The lowest BCUT2D eigenvalue weighted by atomic mass is 9.88. The molecule has 26 heavy (non-hydrogen) atoms. The lowest BCUT2D eigenvalue weighted by molar-refractivity contribution is -0.157. The molecular weight excluding hydrogens is 362 g/mol. The number of nitrogens with two attached hydrogens (primary N) is 1. The summed E-state index contributed by atoms with van der Waals surface area (Å²) < 4.78 is 37.1. The van der Waals surface area contributed by atoms with Gasteiger partial charge in [-0.05, 0) is 38.5 Å². The lowest BCUT2D eigenvalue weighted by Gasteiger charge is -2.26. The first-order chi connectivity index (χ1) is 11.8. The van der Waals surface area contributed by atoms with Crippen LogP contribution >= 0.6 is 0 Å². The number of esters is 2. The molecule has 2 N–H and O–H groups in total. The molecule has 146 valence electrons. The van der Waals surface area contributed by atoms with Crippen molar-refractivity contribution in [1.29, 1.82) is 0 Å². The third-order valence-electron chi connectivity index (χ3n) is 3.28. The first-order valence-corrected chi connectivity index (χ1v) is 9.68. The fourth-order valence-corrected chi connectivity index (χ4v) is 2.66. The van der Waals surface area contributed by atoms with Crippen LogP contribution in [-0.4, -0.2) is 45.4 Å². The fourth-order valence-electron chi connectivity index (χ4n) is 2.19. The standard InChI is InChI=1S/C17H25NO7S/c1-17(2,3)24-16(20)15(18)13(10-14(19)23-4)11-6-8-12(9-7-11)25-26(5,21)22/h6-9,13,15H,10,18H2,1-5H3. The molecule has 0 aliphatic carbocycles. The van der Waals surface area contributed by atoms with Crippen molar-refractivity contribution in [2.45, 2.75) is 44.8 Å². The number of hydrogen-bond donors (Lipinski definition) is 1. The van der Waals surface area contributed by atoms with Gasteiger partial charge in [-0.3, -0.25) is 9.59 Å². The lowest BCUT2D eigenvalue weighted by Crippen LogP contribution is -2.42. The van der Waals surface area contributed by atoms with Crippen molar-refractivity contribution < 1.29 is 31.7 Å². The van der Waals surface area contributed by atoms with Crippen LogP contribution in [-0.2, 0) is 29.2 Å². The summed E-state index contributed by atoms with van der Waals surface area (Å²) in [6.45, 7) is 5.14. The Hall–Kier alpha value is -2.13. The maximum Gasteiger partial charge on any atom is 0.324 e. The highest BCUT2D eigenvalue weighted by molar-refractivity contribution is 7.86. The fraction of sp³-hybridized carbons (Fsp3) is 0.529. The Morgan fingerprint density at radius 3 is 2.12 bits per heavy atom. The third-order valence-corrected chi connectivity index (χ3v) is 3.78. The number of ether oxygens (including phenoxy) is 2. The van der Waals surface area contributed by atoms with Gasteiger partial charge in [0.05, 0.1) is 19.8 Å². The van der Waals surface area contributed by atoms with Crippen molar-refractivity contribution in [3.63, 3.8) is 0 Å². The molecule has 0 bridgehead atoms. The molecule has 0 aliphatic rings. The molecule has 0 heterocycles. The molecule has 0 aliphatic heterocycles. The van der Waals surface area contributed by atoms with Crippen LogP contribution in [0.25, 0.3) is 0 Å². The van der Waals surface area contributed by atoms with Crippen molar-refractivity contribution >= 4 is 22.1 Å². The highest BCUT2D eigenvalue weighted by Gasteiger charge is 2.32. The Bertz CT molecular complexity index is 735. The second-order valence-electron chi connectivity index (χ2n) is 6.80. The zero-order valence-corrected chi connectivity index (χ0v) is 16.3. The second kappa shape index (κ2) is 8.50. The third kappa shape index (κ3) is 7.40. The predicted octanol–water partition coefficient (Wildman–Crippen LogP) is 1.34. The Labute approximate surface area is 153 Å². The summed E-state index contributed by atoms with van der Waals surface area (Å²) >= 11 is 0. The van der Waals surface area contributed by atoms with Crippen LogP contribution in [0.4, 0.5) is 0 Å². The number of rotatable bonds is 7. The summed E-state index contributed by atoms with van der Waals surface area (Å²) in [5.74, 6) is -1.78. The molecule has 0 saturated heterocycles. The zero-order chi connectivity index (χ0) is 20.1. The topological polar surface area (TPSA) is 122 Å². The molecule has 0 saturated carbocycles. The highest BCUT2D eigenvalue weighted by atomic mass is 32.2. The number of carbonyl (C=O) groups is 2. The summed E-state index contributed by atoms with van der Waals surface area (Å²) in [4.78, 5) is 24.0. The average Bonchev–Trinajstić information content (AvgIpc) is 2.49. The Morgan fingerprint density at radius 2 is 1.69 bits per heavy atom. The van der Waals surface area contributed by atoms with Gasteiger partial charge in [-0.1, -0.05) is 12.1 Å². The van der Waals surface area contributed by atoms with E-state index in [1.165, 1.54) is 19.2 Å². The van der Waals surface area contributed by atoms with E-state index in [0.717, 1.165) is 6.26 Å². The minimum atomic E-state index is -3.66. The normalized spacial score (nSPS) is 14.2. The van der Waals surface area contributed by atoms with E-state index in [0.29, 0.717) is 5.56 Å². The minimum absolute atomic E-state index is 0.110. The maximum atomic E-state index is 12.3. The van der Waals surface area contributed by atoms with Gasteiger partial charge in [0.1, 0.15) is 17.4 Å². The van der Waals surface area contributed by atoms with Crippen LogP contribution in [0, 0.1) is 0 Å². The van der Waals surface area contributed by atoms with E-state index in [-0.39, 0.29) is 12.2 Å². The van der Waals surface area contributed by atoms with Gasteiger partial charge >= 0.3 is 22.1 Å². The Balaban J connectivity index is 3.09. The second-order valence-corrected chi connectivity index (χ2v) is 8.38. The molecule has 9 heteroatoms. The number of hydrogen-bond acceptors (Lipinski definition) is 8. The van der Waals surface area contributed by atoms with Gasteiger partial charge in [0.25, 0.3) is 0 Å². The molecule has 0 spiro atoms. The first kappa shape index (κ1) is 21.9. The molecule has 2 unspecified atom stereocenters. The molecule has 1 rings (SSSR count). The van der Waals surface area contributed by atoms with Gasteiger partial charge in [-0.2, -0.15) is 8.42 Å². The van der Waals surface area contributed by atoms with Crippen LogP contribution in [0.2, 0.25) is 0 Å². The Kier molecular flexibility index (Phi) is 7.16. The van der Waals surface area contributed by atoms with Crippen molar-refractivity contribution in [2.24, 2.45) is 5.73 Å². The van der Waals surface area contributed by atoms with Gasteiger partial charge in [0.15, 0.2) is 0 Å². The van der Waals surface area contributed by atoms with E-state index >= 15 is 0 Å². The van der Waals surface area contributed by atoms with Crippen molar-refractivity contribution in [1.82, 2.24) is 0 Å². The van der Waals surface area contributed by atoms with Crippen LogP contribution in [0.15, 0.2) is 24.3 Å². The average molecular weight is 387 g/mol. The van der Waals surface area contributed by atoms with Gasteiger partial charge in [0.2, 0.25) is 0 Å². The summed E-state index contributed by atoms with van der Waals surface area (Å²) in [6.07, 6.45) is 0.794. The smallest absolute Gasteiger partial charge is 0.324 e. The number of methoxy groups -OCH3 is 1. The monoisotopic (exact) mass is 387 g/mol. The van der Waals surface area contributed by atoms with Crippen LogP contribution in [0.5, 0.6) is 5.75 Å². The van der Waals surface area contributed by atoms with Crippen molar-refractivity contribution in [3.05, 3.63) is 29.8 Å². The summed E-state index contributed by atoms with van der Waals surface area (Å²) in [7, 11) is -2.42. The molecule has 0 amide bonds. The van der Waals surface area contributed by atoms with Gasteiger partial charge in [0, 0.05) is 5.92 Å². The van der Waals surface area contributed by atoms with Crippen LogP contribution in [0.3, 0.4) is 0 Å². The molecule has 0 aromatic heterocycles. The quantitative estimate of drug-likeness (QED) is 0.549. The van der Waals surface area contributed by atoms with Crippen LogP contribution < -0.4 is 9.92 Å². The Morgan fingerprint density at radius 1 is 1.15 bits per heavy atom. The number of benzene rings is 1. The van der Waals surface area contributed by atoms with Crippen molar-refractivity contribution in [3.8, 4) is 5.75 Å². The van der Waals surface area contributed by atoms with E-state index in [2.05, 4.69) is 4.74 Å². The molecule has 2 atom stereocenters. The van der Waals surface area contributed by atoms with E-state index in [1.807, 2.05) is 0 Å². The van der Waals surface area contributed by atoms with E-state index in [9.17, 15) is 18.0 Å². The van der Waals surface area contributed by atoms with Crippen molar-refractivity contribution in [2.75, 3.05) is 13.4 Å². The molecule has 0 radical (unpaired) electrons. The van der Waals surface area contributed by atoms with E-state index in [4.69, 9.17) is 14.7 Å². The maximum absolute atomic E-state index is 12.3. The van der Waals surface area contributed by atoms with Gasteiger partial charge < -0.3 is 19.4 Å². The van der Waals surface area contributed by atoms with E-state index < -0.39 is 39.6 Å². The zero-order valence-electron chi connectivity index (χ0n) is 15.5. The summed E-state index contributed by atoms with van der Waals surface area (Å²) in [5.41, 5.74) is 5.86. The molecule has 1 aromatic rings.